The third kappa shape index (κ3) is 3.05. The first-order valence-electron chi connectivity index (χ1n) is 5.48. The lowest BCUT2D eigenvalue weighted by molar-refractivity contribution is 0.0696. The second-order valence-corrected chi connectivity index (χ2v) is 4.59. The van der Waals surface area contributed by atoms with E-state index in [9.17, 15) is 9.18 Å². The standard InChI is InChI=1S/C12H10FN3O2S/c1-2-8-10(13)11(16-6-15-8)19-9-4-3-7(5-14-9)12(17)18/h3-6H,2H2,1H3,(H,17,18). The molecule has 98 valence electrons. The minimum Gasteiger partial charge on any atom is -0.478 e. The van der Waals surface area contributed by atoms with Crippen molar-refractivity contribution in [3.8, 4) is 0 Å². The molecule has 0 atom stereocenters. The van der Waals surface area contributed by atoms with Crippen molar-refractivity contribution < 1.29 is 14.3 Å². The summed E-state index contributed by atoms with van der Waals surface area (Å²) >= 11 is 1.03. The summed E-state index contributed by atoms with van der Waals surface area (Å²) < 4.78 is 13.9. The van der Waals surface area contributed by atoms with Crippen LogP contribution >= 0.6 is 11.8 Å². The summed E-state index contributed by atoms with van der Waals surface area (Å²) in [5.41, 5.74) is 0.432. The van der Waals surface area contributed by atoms with Crippen LogP contribution in [0.1, 0.15) is 23.0 Å². The molecule has 0 saturated carbocycles. The minimum atomic E-state index is -1.05. The first kappa shape index (κ1) is 13.4. The van der Waals surface area contributed by atoms with Gasteiger partial charge >= 0.3 is 5.97 Å². The van der Waals surface area contributed by atoms with Crippen LogP contribution in [-0.4, -0.2) is 26.0 Å². The fourth-order valence-electron chi connectivity index (χ4n) is 1.37. The number of nitrogens with zero attached hydrogens (tertiary/aromatic N) is 3. The van der Waals surface area contributed by atoms with Gasteiger partial charge in [-0.2, -0.15) is 0 Å². The van der Waals surface area contributed by atoms with Gasteiger partial charge in [-0.1, -0.05) is 6.92 Å². The predicted molar refractivity (Wildman–Crippen MR) is 66.7 cm³/mol. The van der Waals surface area contributed by atoms with Crippen molar-refractivity contribution in [1.29, 1.82) is 0 Å². The molecule has 0 aliphatic carbocycles. The molecule has 7 heteroatoms. The molecule has 0 spiro atoms. The zero-order chi connectivity index (χ0) is 13.8. The molecule has 0 fully saturated rings. The Labute approximate surface area is 112 Å². The van der Waals surface area contributed by atoms with Crippen LogP contribution in [0, 0.1) is 5.82 Å². The van der Waals surface area contributed by atoms with E-state index in [-0.39, 0.29) is 10.6 Å². The normalized spacial score (nSPS) is 10.4. The minimum absolute atomic E-state index is 0.0850. The lowest BCUT2D eigenvalue weighted by Crippen LogP contribution is -1.99. The maximum Gasteiger partial charge on any atom is 0.337 e. The molecule has 0 aromatic carbocycles. The third-order valence-electron chi connectivity index (χ3n) is 2.35. The maximum atomic E-state index is 13.9. The molecule has 0 bridgehead atoms. The first-order valence-corrected chi connectivity index (χ1v) is 6.30. The van der Waals surface area contributed by atoms with Crippen LogP contribution in [0.5, 0.6) is 0 Å². The molecule has 0 radical (unpaired) electrons. The second-order valence-electron chi connectivity index (χ2n) is 3.59. The van der Waals surface area contributed by atoms with Gasteiger partial charge in [0.25, 0.3) is 0 Å². The highest BCUT2D eigenvalue weighted by atomic mass is 32.2. The van der Waals surface area contributed by atoms with Gasteiger partial charge in [0.1, 0.15) is 16.4 Å². The number of aromatic nitrogens is 3. The molecule has 2 aromatic rings. The van der Waals surface area contributed by atoms with E-state index < -0.39 is 11.8 Å². The van der Waals surface area contributed by atoms with Gasteiger partial charge in [-0.3, -0.25) is 0 Å². The van der Waals surface area contributed by atoms with Crippen LogP contribution in [0.25, 0.3) is 0 Å². The summed E-state index contributed by atoms with van der Waals surface area (Å²) in [6.45, 7) is 1.81. The summed E-state index contributed by atoms with van der Waals surface area (Å²) in [4.78, 5) is 22.3. The van der Waals surface area contributed by atoms with Crippen LogP contribution in [-0.2, 0) is 6.42 Å². The average Bonchev–Trinajstić information content (AvgIpc) is 2.42. The Morgan fingerprint density at radius 2 is 2.16 bits per heavy atom. The highest BCUT2D eigenvalue weighted by Crippen LogP contribution is 2.27. The number of carboxylic acids is 1. The van der Waals surface area contributed by atoms with Crippen molar-refractivity contribution in [2.24, 2.45) is 0 Å². The third-order valence-corrected chi connectivity index (χ3v) is 3.28. The molecule has 0 amide bonds. The smallest absolute Gasteiger partial charge is 0.337 e. The molecule has 19 heavy (non-hydrogen) atoms. The second kappa shape index (κ2) is 5.75. The monoisotopic (exact) mass is 279 g/mol. The SMILES string of the molecule is CCc1ncnc(Sc2ccc(C(=O)O)cn2)c1F. The molecule has 0 aliphatic heterocycles. The van der Waals surface area contributed by atoms with Crippen molar-refractivity contribution in [3.63, 3.8) is 0 Å². The predicted octanol–water partition coefficient (Wildman–Crippen LogP) is 2.42. The Bertz CT molecular complexity index is 604. The van der Waals surface area contributed by atoms with Crippen molar-refractivity contribution in [1.82, 2.24) is 15.0 Å². The van der Waals surface area contributed by atoms with Crippen LogP contribution in [0.2, 0.25) is 0 Å². The Morgan fingerprint density at radius 3 is 2.74 bits per heavy atom. The van der Waals surface area contributed by atoms with Crippen LogP contribution in [0.4, 0.5) is 4.39 Å². The number of carbonyl (C=O) groups is 1. The van der Waals surface area contributed by atoms with Gasteiger partial charge in [0.05, 0.1) is 11.3 Å². The molecule has 2 rings (SSSR count). The van der Waals surface area contributed by atoms with Crippen LogP contribution in [0.15, 0.2) is 34.7 Å². The Hall–Kier alpha value is -2.02. The first-order chi connectivity index (χ1) is 9.11. The van der Waals surface area contributed by atoms with Crippen molar-refractivity contribution >= 4 is 17.7 Å². The molecule has 5 nitrogen and oxygen atoms in total. The number of hydrogen-bond donors (Lipinski definition) is 1. The van der Waals surface area contributed by atoms with E-state index in [0.29, 0.717) is 17.1 Å². The van der Waals surface area contributed by atoms with E-state index in [1.165, 1.54) is 24.7 Å². The molecule has 2 aromatic heterocycles. The molecule has 2 heterocycles. The van der Waals surface area contributed by atoms with Crippen LogP contribution < -0.4 is 0 Å². The van der Waals surface area contributed by atoms with Gasteiger partial charge < -0.3 is 5.11 Å². The summed E-state index contributed by atoms with van der Waals surface area (Å²) in [7, 11) is 0. The quantitative estimate of drug-likeness (QED) is 0.866. The van der Waals surface area contributed by atoms with E-state index in [4.69, 9.17) is 5.11 Å². The number of rotatable bonds is 4. The molecule has 0 saturated heterocycles. The number of halogens is 1. The number of pyridine rings is 1. The highest BCUT2D eigenvalue weighted by Gasteiger charge is 2.12. The van der Waals surface area contributed by atoms with Crippen molar-refractivity contribution in [2.45, 2.75) is 23.4 Å². The summed E-state index contributed by atoms with van der Waals surface area (Å²) in [5.74, 6) is -1.51. The molecule has 0 aliphatic rings. The molecular weight excluding hydrogens is 269 g/mol. The largest absolute Gasteiger partial charge is 0.478 e. The number of carboxylic acid groups (broad SMARTS) is 1. The van der Waals surface area contributed by atoms with Gasteiger partial charge in [0.15, 0.2) is 5.82 Å². The summed E-state index contributed by atoms with van der Waals surface area (Å²) in [5, 5.41) is 9.41. The van der Waals surface area contributed by atoms with Gasteiger partial charge in [-0.05, 0) is 30.3 Å². The summed E-state index contributed by atoms with van der Waals surface area (Å²) in [6, 6.07) is 2.93. The van der Waals surface area contributed by atoms with Gasteiger partial charge in [-0.25, -0.2) is 24.1 Å². The fourth-order valence-corrected chi connectivity index (χ4v) is 2.12. The Balaban J connectivity index is 2.24. The van der Waals surface area contributed by atoms with E-state index in [0.717, 1.165) is 11.8 Å². The number of aromatic carboxylic acids is 1. The lowest BCUT2D eigenvalue weighted by atomic mass is 10.3. The topological polar surface area (TPSA) is 76.0 Å². The van der Waals surface area contributed by atoms with Crippen molar-refractivity contribution in [3.05, 3.63) is 41.7 Å². The van der Waals surface area contributed by atoms with Crippen LogP contribution in [0.3, 0.4) is 0 Å². The maximum absolute atomic E-state index is 13.9. The van der Waals surface area contributed by atoms with E-state index in [2.05, 4.69) is 15.0 Å². The van der Waals surface area contributed by atoms with E-state index in [1.807, 2.05) is 0 Å². The van der Waals surface area contributed by atoms with E-state index in [1.54, 1.807) is 6.92 Å². The highest BCUT2D eigenvalue weighted by molar-refractivity contribution is 7.99. The lowest BCUT2D eigenvalue weighted by Gasteiger charge is -2.04. The zero-order valence-electron chi connectivity index (χ0n) is 10.00. The Kier molecular flexibility index (Phi) is 4.06. The molecule has 0 unspecified atom stereocenters. The summed E-state index contributed by atoms with van der Waals surface area (Å²) in [6.07, 6.45) is 3.01. The van der Waals surface area contributed by atoms with Gasteiger partial charge in [0.2, 0.25) is 0 Å². The number of hydrogen-bond acceptors (Lipinski definition) is 5. The van der Waals surface area contributed by atoms with Gasteiger partial charge in [-0.15, -0.1) is 0 Å². The van der Waals surface area contributed by atoms with Crippen molar-refractivity contribution in [2.75, 3.05) is 0 Å². The Morgan fingerprint density at radius 1 is 1.37 bits per heavy atom. The fraction of sp³-hybridized carbons (Fsp3) is 0.167. The molecule has 1 N–H and O–H groups in total. The van der Waals surface area contributed by atoms with Gasteiger partial charge in [0, 0.05) is 6.20 Å². The van der Waals surface area contributed by atoms with E-state index >= 15 is 0 Å². The number of aryl methyl sites for hydroxylation is 1. The average molecular weight is 279 g/mol. The zero-order valence-corrected chi connectivity index (χ0v) is 10.8. The molecular formula is C12H10FN3O2S.